The summed E-state index contributed by atoms with van der Waals surface area (Å²) in [5, 5.41) is 1.04. The van der Waals surface area contributed by atoms with Crippen LogP contribution in [0.5, 0.6) is 5.75 Å². The summed E-state index contributed by atoms with van der Waals surface area (Å²) in [7, 11) is 1.37. The molecule has 0 bridgehead atoms. The maximum absolute atomic E-state index is 14.6. The molecule has 3 heteroatoms. The second kappa shape index (κ2) is 9.71. The van der Waals surface area contributed by atoms with Gasteiger partial charge >= 0.3 is 0 Å². The van der Waals surface area contributed by atoms with Gasteiger partial charge in [-0.3, -0.25) is 0 Å². The van der Waals surface area contributed by atoms with E-state index in [2.05, 4.69) is 32.1 Å². The number of hydrogen-bond donors (Lipinski definition) is 0. The molecule has 0 aromatic heterocycles. The maximum Gasteiger partial charge on any atom is 0.201 e. The van der Waals surface area contributed by atoms with E-state index in [1.165, 1.54) is 58.5 Å². The standard InChI is InChI=1S/C28H36F2O/c1-4-5-19-6-8-21(9-7-19)22-12-10-20(11-13-22)18(2)23-14-15-24-17-26(31-3)28(30)27(29)25(24)16-23/h4-5,14-22H,6-13H2,1-3H3/b5-4+. The second-order valence-corrected chi connectivity index (χ2v) is 9.85. The van der Waals surface area contributed by atoms with Gasteiger partial charge in [-0.1, -0.05) is 31.2 Å². The smallest absolute Gasteiger partial charge is 0.201 e. The molecule has 1 unspecified atom stereocenters. The first-order valence-electron chi connectivity index (χ1n) is 12.1. The third-order valence-electron chi connectivity index (χ3n) is 8.23. The molecule has 2 aromatic carbocycles. The summed E-state index contributed by atoms with van der Waals surface area (Å²) >= 11 is 0. The molecule has 1 nitrogen and oxygen atoms in total. The van der Waals surface area contributed by atoms with Gasteiger partial charge in [0.1, 0.15) is 0 Å². The summed E-state index contributed by atoms with van der Waals surface area (Å²) in [6.45, 7) is 4.39. The van der Waals surface area contributed by atoms with E-state index < -0.39 is 11.6 Å². The minimum atomic E-state index is -0.899. The highest BCUT2D eigenvalue weighted by molar-refractivity contribution is 5.85. The lowest BCUT2D eigenvalue weighted by molar-refractivity contribution is 0.148. The van der Waals surface area contributed by atoms with Crippen LogP contribution in [0.15, 0.2) is 36.4 Å². The van der Waals surface area contributed by atoms with E-state index in [-0.39, 0.29) is 5.75 Å². The molecule has 31 heavy (non-hydrogen) atoms. The fraction of sp³-hybridized carbons (Fsp3) is 0.571. The van der Waals surface area contributed by atoms with Gasteiger partial charge in [0, 0.05) is 5.39 Å². The van der Waals surface area contributed by atoms with Gasteiger partial charge in [-0.2, -0.15) is 4.39 Å². The van der Waals surface area contributed by atoms with Crippen LogP contribution in [0.2, 0.25) is 0 Å². The van der Waals surface area contributed by atoms with E-state index in [1.807, 2.05) is 12.1 Å². The van der Waals surface area contributed by atoms with Crippen LogP contribution in [-0.2, 0) is 0 Å². The molecule has 0 amide bonds. The molecular weight excluding hydrogens is 390 g/mol. The van der Waals surface area contributed by atoms with Crippen molar-refractivity contribution in [2.24, 2.45) is 23.7 Å². The third-order valence-corrected chi connectivity index (χ3v) is 8.23. The van der Waals surface area contributed by atoms with E-state index in [0.29, 0.717) is 22.6 Å². The monoisotopic (exact) mass is 426 g/mol. The van der Waals surface area contributed by atoms with Crippen LogP contribution in [0.1, 0.15) is 76.7 Å². The van der Waals surface area contributed by atoms with Crippen LogP contribution in [0.25, 0.3) is 10.8 Å². The Balaban J connectivity index is 1.40. The van der Waals surface area contributed by atoms with Crippen molar-refractivity contribution in [1.29, 1.82) is 0 Å². The van der Waals surface area contributed by atoms with E-state index in [4.69, 9.17) is 4.74 Å². The van der Waals surface area contributed by atoms with Crippen molar-refractivity contribution >= 4 is 10.8 Å². The highest BCUT2D eigenvalue weighted by Gasteiger charge is 2.32. The van der Waals surface area contributed by atoms with Crippen molar-refractivity contribution in [3.05, 3.63) is 53.6 Å². The Labute approximate surface area is 185 Å². The Hall–Kier alpha value is -1.90. The predicted molar refractivity (Wildman–Crippen MR) is 125 cm³/mol. The van der Waals surface area contributed by atoms with Crippen LogP contribution in [-0.4, -0.2) is 7.11 Å². The molecule has 2 aliphatic rings. The van der Waals surface area contributed by atoms with E-state index in [1.54, 1.807) is 6.07 Å². The summed E-state index contributed by atoms with van der Waals surface area (Å²) in [6.07, 6.45) is 15.2. The van der Waals surface area contributed by atoms with Gasteiger partial charge in [0.25, 0.3) is 0 Å². The first-order chi connectivity index (χ1) is 15.0. The normalized spacial score (nSPS) is 28.2. The number of halogens is 2. The van der Waals surface area contributed by atoms with Gasteiger partial charge in [-0.15, -0.1) is 0 Å². The summed E-state index contributed by atoms with van der Waals surface area (Å²) in [4.78, 5) is 0. The molecular formula is C28H36F2O. The predicted octanol–water partition coefficient (Wildman–Crippen LogP) is 8.42. The highest BCUT2D eigenvalue weighted by atomic mass is 19.2. The summed E-state index contributed by atoms with van der Waals surface area (Å²) in [6, 6.07) is 7.42. The minimum Gasteiger partial charge on any atom is -0.494 e. The molecule has 0 heterocycles. The van der Waals surface area contributed by atoms with Crippen LogP contribution in [0, 0.1) is 35.3 Å². The number of allylic oxidation sites excluding steroid dienone is 2. The van der Waals surface area contributed by atoms with Crippen molar-refractivity contribution in [2.75, 3.05) is 7.11 Å². The van der Waals surface area contributed by atoms with E-state index >= 15 is 0 Å². The average molecular weight is 427 g/mol. The molecule has 2 saturated carbocycles. The zero-order chi connectivity index (χ0) is 22.0. The molecule has 168 valence electrons. The molecule has 0 aliphatic heterocycles. The van der Waals surface area contributed by atoms with Gasteiger partial charge in [0.15, 0.2) is 11.6 Å². The number of rotatable bonds is 5. The molecule has 0 radical (unpaired) electrons. The molecule has 2 aliphatic carbocycles. The van der Waals surface area contributed by atoms with Crippen LogP contribution < -0.4 is 4.74 Å². The SMILES string of the molecule is C/C=C/C1CCC(C2CCC(C(C)c3ccc4cc(OC)c(F)c(F)c4c3)CC2)CC1. The lowest BCUT2D eigenvalue weighted by Gasteiger charge is -2.39. The topological polar surface area (TPSA) is 9.23 Å². The Morgan fingerprint density at radius 3 is 2.16 bits per heavy atom. The number of fused-ring (bicyclic) bond motifs is 1. The quantitative estimate of drug-likeness (QED) is 0.436. The average Bonchev–Trinajstić information content (AvgIpc) is 2.81. The molecule has 0 N–H and O–H groups in total. The van der Waals surface area contributed by atoms with Crippen molar-refractivity contribution in [3.8, 4) is 5.75 Å². The van der Waals surface area contributed by atoms with Crippen molar-refractivity contribution in [1.82, 2.24) is 0 Å². The van der Waals surface area contributed by atoms with Crippen molar-refractivity contribution in [3.63, 3.8) is 0 Å². The number of hydrogen-bond acceptors (Lipinski definition) is 1. The van der Waals surface area contributed by atoms with E-state index in [0.717, 1.165) is 23.3 Å². The van der Waals surface area contributed by atoms with Crippen molar-refractivity contribution in [2.45, 2.75) is 71.1 Å². The first kappa shape index (κ1) is 22.3. The van der Waals surface area contributed by atoms with Gasteiger partial charge in [0.05, 0.1) is 7.11 Å². The highest BCUT2D eigenvalue weighted by Crippen LogP contribution is 2.45. The first-order valence-corrected chi connectivity index (χ1v) is 12.1. The fourth-order valence-electron chi connectivity index (χ4n) is 6.22. The van der Waals surface area contributed by atoms with Crippen LogP contribution in [0.4, 0.5) is 8.78 Å². The zero-order valence-corrected chi connectivity index (χ0v) is 19.2. The fourth-order valence-corrected chi connectivity index (χ4v) is 6.22. The van der Waals surface area contributed by atoms with E-state index in [9.17, 15) is 8.78 Å². The van der Waals surface area contributed by atoms with Crippen LogP contribution >= 0.6 is 0 Å². The Kier molecular flexibility index (Phi) is 6.99. The van der Waals surface area contributed by atoms with Gasteiger partial charge in [-0.05, 0) is 111 Å². The van der Waals surface area contributed by atoms with Gasteiger partial charge < -0.3 is 4.74 Å². The van der Waals surface area contributed by atoms with Crippen molar-refractivity contribution < 1.29 is 13.5 Å². The molecule has 2 aromatic rings. The molecule has 0 spiro atoms. The number of methoxy groups -OCH3 is 1. The number of ether oxygens (including phenoxy) is 1. The van der Waals surface area contributed by atoms with Gasteiger partial charge in [0.2, 0.25) is 5.82 Å². The third kappa shape index (κ3) is 4.66. The lowest BCUT2D eigenvalue weighted by atomic mass is 9.67. The summed E-state index contributed by atoms with van der Waals surface area (Å²) in [5.74, 6) is 1.83. The molecule has 1 atom stereocenters. The Morgan fingerprint density at radius 2 is 1.55 bits per heavy atom. The summed E-state index contributed by atoms with van der Waals surface area (Å²) in [5.41, 5.74) is 1.12. The summed E-state index contributed by atoms with van der Waals surface area (Å²) < 4.78 is 33.8. The Morgan fingerprint density at radius 1 is 0.903 bits per heavy atom. The molecule has 2 fully saturated rings. The minimum absolute atomic E-state index is 0.0381. The largest absolute Gasteiger partial charge is 0.494 e. The molecule has 0 saturated heterocycles. The molecule has 4 rings (SSSR count). The van der Waals surface area contributed by atoms with Crippen LogP contribution in [0.3, 0.4) is 0 Å². The number of benzene rings is 2. The maximum atomic E-state index is 14.6. The Bertz CT molecular complexity index is 918. The zero-order valence-electron chi connectivity index (χ0n) is 19.2. The lowest BCUT2D eigenvalue weighted by Crippen LogP contribution is -2.27. The second-order valence-electron chi connectivity index (χ2n) is 9.85. The van der Waals surface area contributed by atoms with Gasteiger partial charge in [-0.25, -0.2) is 4.39 Å².